The Hall–Kier alpha value is -1.73. The number of imidazole rings is 1. The molecule has 102 valence electrons. The Labute approximate surface area is 128 Å². The molecule has 0 amide bonds. The summed E-state index contributed by atoms with van der Waals surface area (Å²) in [5.41, 5.74) is 1.64. The fraction of sp³-hybridized carbons (Fsp3) is 0.167. The van der Waals surface area contributed by atoms with Gasteiger partial charge in [0.05, 0.1) is 6.20 Å². The topological polar surface area (TPSA) is 68.0 Å². The van der Waals surface area contributed by atoms with Crippen molar-refractivity contribution in [1.82, 2.24) is 24.6 Å². The summed E-state index contributed by atoms with van der Waals surface area (Å²) in [7, 11) is 0. The van der Waals surface area contributed by atoms with Crippen molar-refractivity contribution in [2.75, 3.05) is 11.9 Å². The van der Waals surface area contributed by atoms with Crippen LogP contribution in [0.4, 0.5) is 5.82 Å². The summed E-state index contributed by atoms with van der Waals surface area (Å²) >= 11 is 9.26. The second-order valence-electron chi connectivity index (χ2n) is 4.04. The average molecular weight is 354 g/mol. The van der Waals surface area contributed by atoms with Crippen LogP contribution in [0.5, 0.6) is 0 Å². The molecule has 0 aromatic carbocycles. The first-order valence-electron chi connectivity index (χ1n) is 5.94. The highest BCUT2D eigenvalue weighted by Gasteiger charge is 2.10. The molecule has 3 rings (SSSR count). The Morgan fingerprint density at radius 1 is 1.30 bits per heavy atom. The predicted molar refractivity (Wildman–Crippen MR) is 79.9 cm³/mol. The molecule has 0 radical (unpaired) electrons. The number of anilines is 1. The van der Waals surface area contributed by atoms with E-state index in [1.807, 2.05) is 18.2 Å². The summed E-state index contributed by atoms with van der Waals surface area (Å²) in [5, 5.41) is 7.45. The molecule has 0 saturated carbocycles. The van der Waals surface area contributed by atoms with Crippen LogP contribution in [0, 0.1) is 0 Å². The van der Waals surface area contributed by atoms with Crippen LogP contribution >= 0.6 is 27.5 Å². The van der Waals surface area contributed by atoms with Crippen molar-refractivity contribution in [3.05, 3.63) is 46.2 Å². The third-order valence-corrected chi connectivity index (χ3v) is 3.40. The molecule has 8 heteroatoms. The molecule has 0 spiro atoms. The molecule has 0 aliphatic heterocycles. The minimum atomic E-state index is 0.163. The fourth-order valence-electron chi connectivity index (χ4n) is 1.80. The number of rotatable bonds is 4. The summed E-state index contributed by atoms with van der Waals surface area (Å²) in [6.07, 6.45) is 4.22. The van der Waals surface area contributed by atoms with E-state index in [2.05, 4.69) is 41.3 Å². The molecule has 6 nitrogen and oxygen atoms in total. The van der Waals surface area contributed by atoms with Crippen molar-refractivity contribution in [3.63, 3.8) is 0 Å². The van der Waals surface area contributed by atoms with Crippen LogP contribution in [-0.2, 0) is 6.42 Å². The van der Waals surface area contributed by atoms with Crippen molar-refractivity contribution >= 4 is 39.0 Å². The van der Waals surface area contributed by atoms with Gasteiger partial charge in [0, 0.05) is 24.9 Å². The number of hydrogen-bond acceptors (Lipinski definition) is 5. The van der Waals surface area contributed by atoms with Crippen LogP contribution in [0.2, 0.25) is 5.28 Å². The van der Waals surface area contributed by atoms with Crippen LogP contribution in [0.25, 0.3) is 5.65 Å². The van der Waals surface area contributed by atoms with Crippen LogP contribution in [0.15, 0.2) is 35.2 Å². The number of nitrogens with zero attached hydrogens (tertiary/aromatic N) is 5. The van der Waals surface area contributed by atoms with Crippen LogP contribution in [0.3, 0.4) is 0 Å². The number of halogens is 2. The number of nitrogens with one attached hydrogen (secondary N) is 1. The molecule has 0 saturated heterocycles. The lowest BCUT2D eigenvalue weighted by molar-refractivity contribution is 0.874. The molecule has 3 aromatic rings. The molecule has 3 heterocycles. The highest BCUT2D eigenvalue weighted by Crippen LogP contribution is 2.19. The third kappa shape index (κ3) is 2.73. The van der Waals surface area contributed by atoms with Gasteiger partial charge < -0.3 is 5.32 Å². The van der Waals surface area contributed by atoms with Gasteiger partial charge >= 0.3 is 0 Å². The van der Waals surface area contributed by atoms with Crippen LogP contribution < -0.4 is 5.32 Å². The normalized spacial score (nSPS) is 10.9. The number of pyridine rings is 1. The van der Waals surface area contributed by atoms with Gasteiger partial charge in [-0.15, -0.1) is 5.10 Å². The van der Waals surface area contributed by atoms with Gasteiger partial charge in [0.2, 0.25) is 5.28 Å². The molecule has 0 fully saturated rings. The Bertz CT molecular complexity index is 729. The van der Waals surface area contributed by atoms with Gasteiger partial charge in [0.15, 0.2) is 11.5 Å². The minimum Gasteiger partial charge on any atom is -0.366 e. The smallest absolute Gasteiger partial charge is 0.243 e. The standard InChI is InChI=1S/C12H10BrClN6/c13-9-7-17-11-10(18-12(14)19-20(9)11)16-6-4-8-3-1-2-5-15-8/h1-3,5,7H,4,6H2,(H,16,18,19). The van der Waals surface area contributed by atoms with Gasteiger partial charge in [-0.05, 0) is 39.7 Å². The van der Waals surface area contributed by atoms with Crippen molar-refractivity contribution in [2.45, 2.75) is 6.42 Å². The van der Waals surface area contributed by atoms with Crippen LogP contribution in [-0.4, -0.2) is 31.1 Å². The van der Waals surface area contributed by atoms with Gasteiger partial charge in [0.25, 0.3) is 0 Å². The van der Waals surface area contributed by atoms with E-state index < -0.39 is 0 Å². The number of fused-ring (bicyclic) bond motifs is 1. The van der Waals surface area contributed by atoms with E-state index in [0.29, 0.717) is 18.0 Å². The highest BCUT2D eigenvalue weighted by atomic mass is 79.9. The van der Waals surface area contributed by atoms with E-state index in [9.17, 15) is 0 Å². The third-order valence-electron chi connectivity index (χ3n) is 2.69. The first-order valence-corrected chi connectivity index (χ1v) is 7.12. The maximum Gasteiger partial charge on any atom is 0.243 e. The predicted octanol–water partition coefficient (Wildman–Crippen LogP) is 2.59. The highest BCUT2D eigenvalue weighted by molar-refractivity contribution is 9.10. The fourth-order valence-corrected chi connectivity index (χ4v) is 2.31. The van der Waals surface area contributed by atoms with Gasteiger partial charge in [-0.25, -0.2) is 9.50 Å². The Morgan fingerprint density at radius 3 is 3.00 bits per heavy atom. The molecular weight excluding hydrogens is 344 g/mol. The van der Waals surface area contributed by atoms with E-state index in [4.69, 9.17) is 11.6 Å². The average Bonchev–Trinajstić information content (AvgIpc) is 2.82. The monoisotopic (exact) mass is 352 g/mol. The summed E-state index contributed by atoms with van der Waals surface area (Å²) in [4.78, 5) is 12.7. The van der Waals surface area contributed by atoms with E-state index in [-0.39, 0.29) is 5.28 Å². The maximum absolute atomic E-state index is 5.90. The first-order chi connectivity index (χ1) is 9.74. The molecule has 0 bridgehead atoms. The zero-order valence-electron chi connectivity index (χ0n) is 10.3. The zero-order chi connectivity index (χ0) is 13.9. The summed E-state index contributed by atoms with van der Waals surface area (Å²) in [6, 6.07) is 5.84. The molecule has 1 N–H and O–H groups in total. The maximum atomic E-state index is 5.90. The van der Waals surface area contributed by atoms with E-state index in [0.717, 1.165) is 16.7 Å². The first kappa shape index (κ1) is 13.3. The van der Waals surface area contributed by atoms with Gasteiger partial charge in [0.1, 0.15) is 4.60 Å². The minimum absolute atomic E-state index is 0.163. The van der Waals surface area contributed by atoms with E-state index >= 15 is 0 Å². The van der Waals surface area contributed by atoms with Crippen molar-refractivity contribution in [1.29, 1.82) is 0 Å². The van der Waals surface area contributed by atoms with Crippen molar-refractivity contribution in [3.8, 4) is 0 Å². The second-order valence-corrected chi connectivity index (χ2v) is 5.19. The lowest BCUT2D eigenvalue weighted by atomic mass is 10.3. The molecular formula is C12H10BrClN6. The molecule has 0 aliphatic carbocycles. The second kappa shape index (κ2) is 5.72. The lowest BCUT2D eigenvalue weighted by Gasteiger charge is -2.06. The van der Waals surface area contributed by atoms with Gasteiger partial charge in [-0.1, -0.05) is 6.07 Å². The largest absolute Gasteiger partial charge is 0.366 e. The lowest BCUT2D eigenvalue weighted by Crippen LogP contribution is -2.10. The van der Waals surface area contributed by atoms with Crippen molar-refractivity contribution in [2.24, 2.45) is 0 Å². The Kier molecular flexibility index (Phi) is 3.79. The van der Waals surface area contributed by atoms with Gasteiger partial charge in [-0.3, -0.25) is 4.98 Å². The van der Waals surface area contributed by atoms with E-state index in [1.54, 1.807) is 16.9 Å². The summed E-state index contributed by atoms with van der Waals surface area (Å²) in [5.74, 6) is 0.603. The zero-order valence-corrected chi connectivity index (χ0v) is 12.6. The quantitative estimate of drug-likeness (QED) is 0.781. The molecule has 0 aliphatic rings. The van der Waals surface area contributed by atoms with E-state index in [1.165, 1.54) is 0 Å². The van der Waals surface area contributed by atoms with Crippen LogP contribution in [0.1, 0.15) is 5.69 Å². The Morgan fingerprint density at radius 2 is 2.20 bits per heavy atom. The Balaban J connectivity index is 1.77. The molecule has 3 aromatic heterocycles. The summed E-state index contributed by atoms with van der Waals surface area (Å²) < 4.78 is 2.32. The SMILES string of the molecule is Clc1nc(NCCc2ccccn2)c2ncc(Br)n2n1. The van der Waals surface area contributed by atoms with Gasteiger partial charge in [-0.2, -0.15) is 4.98 Å². The summed E-state index contributed by atoms with van der Waals surface area (Å²) in [6.45, 7) is 0.685. The number of aromatic nitrogens is 5. The number of hydrogen-bond donors (Lipinski definition) is 1. The molecule has 0 atom stereocenters. The van der Waals surface area contributed by atoms with Crippen molar-refractivity contribution < 1.29 is 0 Å². The molecule has 0 unspecified atom stereocenters. The molecule has 20 heavy (non-hydrogen) atoms.